The highest BCUT2D eigenvalue weighted by Gasteiger charge is 1.91. The average molecular weight is 250 g/mol. The maximum atomic E-state index is 9.44. The standard InChI is InChI=1S/C8H10.C5H10O.C3H6O/c1-2-8-6-4-3-5-7-8;1-4(2)5(3)6;1-3(2)4/h3-7H,2H2,1H3;4,6H,3H2,1-2H3;1-2H3. The molecule has 0 spiro atoms. The Bertz CT molecular complexity index is 322. The van der Waals surface area contributed by atoms with Crippen LogP contribution in [0.4, 0.5) is 0 Å². The summed E-state index contributed by atoms with van der Waals surface area (Å²) in [5, 5.41) is 8.44. The molecule has 1 aromatic rings. The number of Topliss-reactive ketones (excluding diaryl/α,β-unsaturated/α-hetero) is 1. The minimum Gasteiger partial charge on any atom is -0.513 e. The minimum atomic E-state index is 0.167. The van der Waals surface area contributed by atoms with Gasteiger partial charge in [0.05, 0.1) is 5.76 Å². The first kappa shape index (κ1) is 18.8. The molecule has 18 heavy (non-hydrogen) atoms. The van der Waals surface area contributed by atoms with Crippen molar-refractivity contribution >= 4 is 5.78 Å². The highest BCUT2D eigenvalue weighted by Crippen LogP contribution is 1.99. The molecule has 0 atom stereocenters. The van der Waals surface area contributed by atoms with Crippen LogP contribution in [0, 0.1) is 5.92 Å². The Kier molecular flexibility index (Phi) is 12.4. The number of hydrogen-bond acceptors (Lipinski definition) is 2. The lowest BCUT2D eigenvalue weighted by molar-refractivity contribution is -0.114. The topological polar surface area (TPSA) is 37.3 Å². The zero-order chi connectivity index (χ0) is 14.6. The normalized spacial score (nSPS) is 8.56. The van der Waals surface area contributed by atoms with E-state index in [4.69, 9.17) is 5.11 Å². The number of aliphatic hydroxyl groups excluding tert-OH is 1. The van der Waals surface area contributed by atoms with Gasteiger partial charge in [0.2, 0.25) is 0 Å². The maximum Gasteiger partial charge on any atom is 0.126 e. The molecule has 0 unspecified atom stereocenters. The van der Waals surface area contributed by atoms with Crippen LogP contribution < -0.4 is 0 Å². The fourth-order valence-electron chi connectivity index (χ4n) is 0.714. The third-order valence-electron chi connectivity index (χ3n) is 1.92. The molecule has 0 radical (unpaired) electrons. The molecule has 0 saturated heterocycles. The summed E-state index contributed by atoms with van der Waals surface area (Å²) in [6.07, 6.45) is 1.14. The predicted octanol–water partition coefficient (Wildman–Crippen LogP) is 4.56. The third kappa shape index (κ3) is 16.8. The van der Waals surface area contributed by atoms with Gasteiger partial charge in [-0.15, -0.1) is 0 Å². The van der Waals surface area contributed by atoms with Crippen molar-refractivity contribution in [2.45, 2.75) is 41.0 Å². The average Bonchev–Trinajstić information content (AvgIpc) is 2.30. The number of rotatable bonds is 2. The van der Waals surface area contributed by atoms with E-state index >= 15 is 0 Å². The second-order valence-electron chi connectivity index (χ2n) is 4.39. The lowest BCUT2D eigenvalue weighted by Gasteiger charge is -1.96. The highest BCUT2D eigenvalue weighted by atomic mass is 16.3. The molecule has 0 aliphatic heterocycles. The summed E-state index contributed by atoms with van der Waals surface area (Å²) < 4.78 is 0. The number of aryl methyl sites for hydroxylation is 1. The van der Waals surface area contributed by atoms with Crippen LogP contribution in [-0.2, 0) is 11.2 Å². The fourth-order valence-corrected chi connectivity index (χ4v) is 0.714. The molecule has 0 bridgehead atoms. The molecule has 0 saturated carbocycles. The van der Waals surface area contributed by atoms with Crippen molar-refractivity contribution in [3.63, 3.8) is 0 Å². The summed E-state index contributed by atoms with van der Waals surface area (Å²) in [7, 11) is 0. The van der Waals surface area contributed by atoms with E-state index in [9.17, 15) is 4.79 Å². The number of allylic oxidation sites excluding steroid dienone is 1. The van der Waals surface area contributed by atoms with Crippen molar-refractivity contribution < 1.29 is 9.90 Å². The Hall–Kier alpha value is -1.57. The van der Waals surface area contributed by atoms with E-state index in [1.165, 1.54) is 19.4 Å². The monoisotopic (exact) mass is 250 g/mol. The molecule has 0 aliphatic carbocycles. The van der Waals surface area contributed by atoms with E-state index in [0.717, 1.165) is 6.42 Å². The Balaban J connectivity index is 0. The highest BCUT2D eigenvalue weighted by molar-refractivity contribution is 5.72. The van der Waals surface area contributed by atoms with Crippen LogP contribution in [0.2, 0.25) is 0 Å². The number of carbonyl (C=O) groups is 1. The smallest absolute Gasteiger partial charge is 0.126 e. The van der Waals surface area contributed by atoms with Crippen LogP contribution in [0.25, 0.3) is 0 Å². The first-order valence-electron chi connectivity index (χ1n) is 6.20. The number of benzene rings is 1. The molecular formula is C16H26O2. The summed E-state index contributed by atoms with van der Waals surface area (Å²) >= 11 is 0. The quantitative estimate of drug-likeness (QED) is 0.781. The molecule has 1 N–H and O–H groups in total. The van der Waals surface area contributed by atoms with E-state index < -0.39 is 0 Å². The van der Waals surface area contributed by atoms with Crippen molar-refractivity contribution in [2.24, 2.45) is 5.92 Å². The zero-order valence-corrected chi connectivity index (χ0v) is 12.2. The van der Waals surface area contributed by atoms with Gasteiger partial charge < -0.3 is 9.90 Å². The van der Waals surface area contributed by atoms with Crippen LogP contribution in [0.3, 0.4) is 0 Å². The fraction of sp³-hybridized carbons (Fsp3) is 0.438. The molecule has 2 heteroatoms. The second kappa shape index (κ2) is 11.9. The zero-order valence-electron chi connectivity index (χ0n) is 12.2. The largest absolute Gasteiger partial charge is 0.513 e. The molecule has 1 rings (SSSR count). The molecule has 0 aliphatic rings. The Morgan fingerprint density at radius 3 is 1.72 bits per heavy atom. The first-order chi connectivity index (χ1) is 8.31. The van der Waals surface area contributed by atoms with Gasteiger partial charge in [-0.05, 0) is 25.8 Å². The third-order valence-corrected chi connectivity index (χ3v) is 1.92. The van der Waals surface area contributed by atoms with E-state index in [2.05, 4.69) is 37.8 Å². The molecule has 102 valence electrons. The second-order valence-corrected chi connectivity index (χ2v) is 4.39. The van der Waals surface area contributed by atoms with Gasteiger partial charge in [0.1, 0.15) is 5.78 Å². The number of hydrogen-bond donors (Lipinski definition) is 1. The van der Waals surface area contributed by atoms with Gasteiger partial charge in [0, 0.05) is 5.92 Å². The van der Waals surface area contributed by atoms with Gasteiger partial charge in [0.15, 0.2) is 0 Å². The van der Waals surface area contributed by atoms with Crippen LogP contribution in [0.15, 0.2) is 42.7 Å². The summed E-state index contributed by atoms with van der Waals surface area (Å²) in [5.41, 5.74) is 1.41. The molecular weight excluding hydrogens is 224 g/mol. The summed E-state index contributed by atoms with van der Waals surface area (Å²) in [6.45, 7) is 12.3. The van der Waals surface area contributed by atoms with Gasteiger partial charge in [-0.2, -0.15) is 0 Å². The van der Waals surface area contributed by atoms with Gasteiger partial charge in [-0.25, -0.2) is 0 Å². The van der Waals surface area contributed by atoms with E-state index in [-0.39, 0.29) is 17.5 Å². The molecule has 0 fully saturated rings. The van der Waals surface area contributed by atoms with Gasteiger partial charge in [0.25, 0.3) is 0 Å². The van der Waals surface area contributed by atoms with Gasteiger partial charge in [-0.3, -0.25) is 0 Å². The Morgan fingerprint density at radius 1 is 1.22 bits per heavy atom. The summed E-state index contributed by atoms with van der Waals surface area (Å²) in [4.78, 5) is 9.44. The van der Waals surface area contributed by atoms with Crippen molar-refractivity contribution in [3.8, 4) is 0 Å². The lowest BCUT2D eigenvalue weighted by Crippen LogP contribution is -1.87. The van der Waals surface area contributed by atoms with Crippen LogP contribution in [0.5, 0.6) is 0 Å². The number of carbonyl (C=O) groups excluding carboxylic acids is 1. The molecule has 0 heterocycles. The van der Waals surface area contributed by atoms with Crippen molar-refractivity contribution in [2.75, 3.05) is 0 Å². The Labute approximate surface area is 111 Å². The molecule has 0 aromatic heterocycles. The first-order valence-corrected chi connectivity index (χ1v) is 6.20. The molecule has 1 aromatic carbocycles. The number of aliphatic hydroxyl groups is 1. The lowest BCUT2D eigenvalue weighted by atomic mass is 10.2. The molecule has 2 nitrogen and oxygen atoms in total. The maximum absolute atomic E-state index is 9.44. The van der Waals surface area contributed by atoms with Gasteiger partial charge in [-0.1, -0.05) is 57.7 Å². The van der Waals surface area contributed by atoms with Crippen LogP contribution in [-0.4, -0.2) is 10.9 Å². The predicted molar refractivity (Wildman–Crippen MR) is 78.8 cm³/mol. The SMILES string of the molecule is C=C(O)C(C)C.CC(C)=O.CCc1ccccc1. The van der Waals surface area contributed by atoms with Gasteiger partial charge >= 0.3 is 0 Å². The summed E-state index contributed by atoms with van der Waals surface area (Å²) in [6, 6.07) is 10.5. The minimum absolute atomic E-state index is 0.167. The summed E-state index contributed by atoms with van der Waals surface area (Å²) in [5.74, 6) is 0.639. The molecule has 0 amide bonds. The van der Waals surface area contributed by atoms with Crippen molar-refractivity contribution in [1.29, 1.82) is 0 Å². The van der Waals surface area contributed by atoms with E-state index in [1.54, 1.807) is 0 Å². The van der Waals surface area contributed by atoms with Crippen molar-refractivity contribution in [3.05, 3.63) is 48.2 Å². The Morgan fingerprint density at radius 2 is 1.56 bits per heavy atom. The van der Waals surface area contributed by atoms with Crippen LogP contribution in [0.1, 0.15) is 40.2 Å². The van der Waals surface area contributed by atoms with E-state index in [1.807, 2.05) is 19.9 Å². The number of ketones is 1. The van der Waals surface area contributed by atoms with Crippen molar-refractivity contribution in [1.82, 2.24) is 0 Å². The van der Waals surface area contributed by atoms with E-state index in [0.29, 0.717) is 0 Å². The van der Waals surface area contributed by atoms with Crippen LogP contribution >= 0.6 is 0 Å².